The quantitative estimate of drug-likeness (QED) is 0.0422. The third kappa shape index (κ3) is 8.63. The number of anilines is 1. The zero-order chi connectivity index (χ0) is 47.0. The minimum Gasteiger partial charge on any atom is -0.491 e. The third-order valence-electron chi connectivity index (χ3n) is 11.9. The van der Waals surface area contributed by atoms with Crippen molar-refractivity contribution in [3.63, 3.8) is 0 Å². The number of carbonyl (C=O) groups excluding carboxylic acids is 6. The first-order valence-corrected chi connectivity index (χ1v) is 21.2. The Morgan fingerprint density at radius 2 is 1.52 bits per heavy atom. The molecule has 2 fully saturated rings. The maximum Gasteiger partial charge on any atom is 0.421 e. The van der Waals surface area contributed by atoms with E-state index in [4.69, 9.17) is 28.4 Å². The molecule has 4 aromatic carbocycles. The third-order valence-corrected chi connectivity index (χ3v) is 11.9. The number of nitrogens with zero attached hydrogens (tertiary/aromatic N) is 2. The number of imide groups is 1. The number of morpholine rings is 1. The molecule has 3 aliphatic rings. The molecule has 342 valence electrons. The van der Waals surface area contributed by atoms with E-state index in [1.165, 1.54) is 19.3 Å². The summed E-state index contributed by atoms with van der Waals surface area (Å²) in [5.74, 6) is -0.770. The molecular formula is C50H49N3O13. The molecule has 0 unspecified atom stereocenters. The average Bonchev–Trinajstić information content (AvgIpc) is 3.80. The zero-order valence-electron chi connectivity index (χ0n) is 36.5. The minimum absolute atomic E-state index is 0.00294. The van der Waals surface area contributed by atoms with Gasteiger partial charge in [-0.3, -0.25) is 28.9 Å². The summed E-state index contributed by atoms with van der Waals surface area (Å²) >= 11 is 0. The monoisotopic (exact) mass is 899 g/mol. The van der Waals surface area contributed by atoms with Gasteiger partial charge in [0.15, 0.2) is 5.92 Å². The second kappa shape index (κ2) is 20.7. The van der Waals surface area contributed by atoms with Gasteiger partial charge in [-0.2, -0.15) is 0 Å². The van der Waals surface area contributed by atoms with Crippen molar-refractivity contribution in [2.45, 2.75) is 36.1 Å². The molecule has 3 amide bonds. The fraction of sp³-hybridized carbons (Fsp3) is 0.320. The highest BCUT2D eigenvalue weighted by molar-refractivity contribution is 6.23. The normalized spacial score (nSPS) is 21.8. The van der Waals surface area contributed by atoms with E-state index in [9.17, 15) is 19.5 Å². The van der Waals surface area contributed by atoms with E-state index < -0.39 is 77.3 Å². The molecule has 16 nitrogen and oxygen atoms in total. The summed E-state index contributed by atoms with van der Waals surface area (Å²) in [7, 11) is 3.70. The summed E-state index contributed by atoms with van der Waals surface area (Å²) in [4.78, 5) is 88.6. The van der Waals surface area contributed by atoms with Crippen LogP contribution in [0, 0.1) is 23.7 Å². The number of hydrogen-bond donors (Lipinski definition) is 2. The Balaban J connectivity index is 1.55. The van der Waals surface area contributed by atoms with E-state index >= 15 is 14.4 Å². The van der Waals surface area contributed by atoms with Crippen LogP contribution in [0.3, 0.4) is 0 Å². The molecule has 0 bridgehead atoms. The highest BCUT2D eigenvalue weighted by Crippen LogP contribution is 2.66. The van der Waals surface area contributed by atoms with Gasteiger partial charge < -0.3 is 38.8 Å². The topological polar surface area (TPSA) is 197 Å². The number of carbonyl (C=O) groups is 6. The lowest BCUT2D eigenvalue weighted by Crippen LogP contribution is -2.55. The second-order valence-electron chi connectivity index (χ2n) is 15.5. The Morgan fingerprint density at radius 1 is 0.848 bits per heavy atom. The van der Waals surface area contributed by atoms with Crippen LogP contribution in [0.5, 0.6) is 5.75 Å². The number of esters is 3. The van der Waals surface area contributed by atoms with E-state index in [2.05, 4.69) is 23.7 Å². The van der Waals surface area contributed by atoms with Crippen molar-refractivity contribution in [1.82, 2.24) is 10.2 Å². The van der Waals surface area contributed by atoms with Gasteiger partial charge in [0, 0.05) is 25.6 Å². The largest absolute Gasteiger partial charge is 0.491 e. The lowest BCUT2D eigenvalue weighted by Gasteiger charge is -2.46. The van der Waals surface area contributed by atoms with Gasteiger partial charge in [-0.15, -0.1) is 6.58 Å². The first-order chi connectivity index (χ1) is 32.1. The van der Waals surface area contributed by atoms with Gasteiger partial charge in [-0.1, -0.05) is 90.7 Å². The molecule has 3 heterocycles. The van der Waals surface area contributed by atoms with Crippen LogP contribution in [0.2, 0.25) is 0 Å². The molecule has 4 aromatic rings. The van der Waals surface area contributed by atoms with Crippen molar-refractivity contribution >= 4 is 41.5 Å². The van der Waals surface area contributed by atoms with Crippen molar-refractivity contribution < 1.29 is 62.3 Å². The van der Waals surface area contributed by atoms with Gasteiger partial charge in [0.25, 0.3) is 0 Å². The molecule has 7 rings (SSSR count). The van der Waals surface area contributed by atoms with Crippen LogP contribution in [0.4, 0.5) is 10.5 Å². The first-order valence-electron chi connectivity index (χ1n) is 21.2. The van der Waals surface area contributed by atoms with Crippen LogP contribution in [0.1, 0.15) is 52.4 Å². The summed E-state index contributed by atoms with van der Waals surface area (Å²) in [6, 6.07) is 26.3. The van der Waals surface area contributed by atoms with E-state index in [1.54, 1.807) is 36.4 Å². The number of hydrogen-bond acceptors (Lipinski definition) is 14. The van der Waals surface area contributed by atoms with Gasteiger partial charge in [0.05, 0.1) is 51.1 Å². The maximum absolute atomic E-state index is 16.1. The minimum atomic E-state index is -2.12. The van der Waals surface area contributed by atoms with Crippen molar-refractivity contribution in [1.29, 1.82) is 0 Å². The molecule has 2 N–H and O–H groups in total. The number of amides is 3. The number of ether oxygens (including phenoxy) is 6. The van der Waals surface area contributed by atoms with Crippen LogP contribution in [-0.2, 0) is 53.1 Å². The number of rotatable bonds is 15. The lowest BCUT2D eigenvalue weighted by molar-refractivity contribution is -0.178. The standard InChI is InChI=1S/C50H49N3O13/c1-5-25-51-44(55)39-41-47(58)66-42(33-16-10-7-11-17-33)40(32-14-8-6-9-15-32)53(41)43(34-20-22-35(23-21-34)64-27-26-54)50(39)37-30-31(13-12-18-36(45(56)62-3)46(57)63-4)19-24-38(37)52(48(50)59)49(60)65-29-28-61-2/h5-11,14-17,19-24,30,36,39-43,54H,1,18,25-29H2,2-4H3,(H,51,55)/t39-,40-,41-,42+,43+,50-/m1/s1. The summed E-state index contributed by atoms with van der Waals surface area (Å²) in [5, 5.41) is 12.4. The van der Waals surface area contributed by atoms with Gasteiger partial charge in [0.2, 0.25) is 11.8 Å². The average molecular weight is 900 g/mol. The fourth-order valence-corrected chi connectivity index (χ4v) is 9.24. The molecule has 6 atom stereocenters. The smallest absolute Gasteiger partial charge is 0.421 e. The molecule has 0 aromatic heterocycles. The fourth-order valence-electron chi connectivity index (χ4n) is 9.24. The van der Waals surface area contributed by atoms with Gasteiger partial charge in [-0.05, 0) is 52.6 Å². The number of methoxy groups -OCH3 is 3. The molecule has 0 aliphatic carbocycles. The predicted octanol–water partition coefficient (Wildman–Crippen LogP) is 4.51. The summed E-state index contributed by atoms with van der Waals surface area (Å²) < 4.78 is 32.6. The lowest BCUT2D eigenvalue weighted by atomic mass is 9.65. The maximum atomic E-state index is 16.1. The Bertz CT molecular complexity index is 2510. The van der Waals surface area contributed by atoms with Crippen LogP contribution < -0.4 is 15.0 Å². The Hall–Kier alpha value is -7.32. The molecule has 3 aliphatic heterocycles. The molecule has 0 radical (unpaired) electrons. The van der Waals surface area contributed by atoms with Gasteiger partial charge in [0.1, 0.15) is 36.5 Å². The highest BCUT2D eigenvalue weighted by Gasteiger charge is 2.75. The molecule has 2 saturated heterocycles. The Labute approximate surface area is 381 Å². The predicted molar refractivity (Wildman–Crippen MR) is 236 cm³/mol. The number of cyclic esters (lactones) is 1. The van der Waals surface area contributed by atoms with E-state index in [0.29, 0.717) is 22.4 Å². The molecule has 1 spiro atoms. The van der Waals surface area contributed by atoms with E-state index in [-0.39, 0.29) is 56.2 Å². The summed E-state index contributed by atoms with van der Waals surface area (Å²) in [6.45, 7) is 3.29. The molecular weight excluding hydrogens is 851 g/mol. The van der Waals surface area contributed by atoms with Crippen molar-refractivity contribution in [2.75, 3.05) is 59.2 Å². The Kier molecular flexibility index (Phi) is 14.6. The van der Waals surface area contributed by atoms with Gasteiger partial charge in [-0.25, -0.2) is 9.69 Å². The second-order valence-corrected chi connectivity index (χ2v) is 15.5. The summed E-state index contributed by atoms with van der Waals surface area (Å²) in [6.07, 6.45) is -0.844. The van der Waals surface area contributed by atoms with E-state index in [1.807, 2.05) is 65.6 Å². The number of aliphatic hydroxyl groups excluding tert-OH is 1. The molecule has 66 heavy (non-hydrogen) atoms. The van der Waals surface area contributed by atoms with Crippen LogP contribution in [0.15, 0.2) is 116 Å². The van der Waals surface area contributed by atoms with Crippen molar-refractivity contribution in [3.05, 3.63) is 144 Å². The number of aliphatic hydroxyl groups is 1. The van der Waals surface area contributed by atoms with Crippen LogP contribution >= 0.6 is 0 Å². The zero-order valence-corrected chi connectivity index (χ0v) is 36.5. The molecule has 16 heteroatoms. The molecule has 0 saturated carbocycles. The Morgan fingerprint density at radius 3 is 2.14 bits per heavy atom. The van der Waals surface area contributed by atoms with Gasteiger partial charge >= 0.3 is 24.0 Å². The summed E-state index contributed by atoms with van der Waals surface area (Å²) in [5.41, 5.74) is 0.191. The van der Waals surface area contributed by atoms with Crippen LogP contribution in [0.25, 0.3) is 0 Å². The number of fused-ring (bicyclic) bond motifs is 3. The first kappa shape index (κ1) is 46.7. The SMILES string of the molecule is C=CCNC(=O)[C@H]1[C@@H]2C(=O)O[C@@H](c3ccccc3)[C@@H](c3ccccc3)N2[C@@H](c2ccc(OCCO)cc2)[C@]12C(=O)N(C(=O)OCCOC)c1ccc(C#CCC(C(=O)OC)C(=O)OC)cc12. The van der Waals surface area contributed by atoms with Crippen molar-refractivity contribution in [2.24, 2.45) is 11.8 Å². The highest BCUT2D eigenvalue weighted by atomic mass is 16.6. The number of benzene rings is 4. The number of nitrogens with one attached hydrogen (secondary N) is 1. The van der Waals surface area contributed by atoms with E-state index in [0.717, 1.165) is 19.1 Å². The van der Waals surface area contributed by atoms with Crippen LogP contribution in [-0.4, -0.2) is 106 Å². The van der Waals surface area contributed by atoms with Crippen molar-refractivity contribution in [3.8, 4) is 17.6 Å².